The summed E-state index contributed by atoms with van der Waals surface area (Å²) in [7, 11) is 1.43. The summed E-state index contributed by atoms with van der Waals surface area (Å²) in [6, 6.07) is 9.10. The lowest BCUT2D eigenvalue weighted by Crippen LogP contribution is -2.03. The Morgan fingerprint density at radius 3 is 2.76 bits per heavy atom. The molecule has 21 heavy (non-hydrogen) atoms. The molecule has 2 N–H and O–H groups in total. The largest absolute Gasteiger partial charge is 0.508 e. The van der Waals surface area contributed by atoms with Crippen molar-refractivity contribution in [3.05, 3.63) is 57.1 Å². The Bertz CT molecular complexity index is 656. The minimum Gasteiger partial charge on any atom is -0.508 e. The van der Waals surface area contributed by atoms with Crippen molar-refractivity contribution in [3.8, 4) is 11.5 Å². The van der Waals surface area contributed by atoms with Crippen LogP contribution in [-0.2, 0) is 6.54 Å². The maximum Gasteiger partial charge on any atom is 0.273 e. The topological polar surface area (TPSA) is 84.6 Å². The van der Waals surface area contributed by atoms with Gasteiger partial charge in [0.15, 0.2) is 0 Å². The van der Waals surface area contributed by atoms with Crippen molar-refractivity contribution in [2.75, 3.05) is 12.4 Å². The monoisotopic (exact) mass is 308 g/mol. The number of anilines is 1. The van der Waals surface area contributed by atoms with Crippen molar-refractivity contribution < 1.29 is 14.8 Å². The highest BCUT2D eigenvalue weighted by Crippen LogP contribution is 2.31. The van der Waals surface area contributed by atoms with E-state index >= 15 is 0 Å². The number of phenolic OH excluding ortho intramolecular Hbond substituents is 1. The van der Waals surface area contributed by atoms with Crippen molar-refractivity contribution in [2.24, 2.45) is 0 Å². The summed E-state index contributed by atoms with van der Waals surface area (Å²) in [5.41, 5.74) is 1.06. The summed E-state index contributed by atoms with van der Waals surface area (Å²) in [6.07, 6.45) is 0. The first-order chi connectivity index (χ1) is 10.0. The Hall–Kier alpha value is -2.47. The van der Waals surface area contributed by atoms with Crippen LogP contribution >= 0.6 is 11.6 Å². The molecule has 7 heteroatoms. The molecule has 0 spiro atoms. The highest BCUT2D eigenvalue weighted by atomic mass is 35.5. The minimum atomic E-state index is -0.494. The molecule has 0 fully saturated rings. The zero-order valence-electron chi connectivity index (χ0n) is 11.2. The number of rotatable bonds is 5. The van der Waals surface area contributed by atoms with E-state index in [1.165, 1.54) is 25.3 Å². The Morgan fingerprint density at radius 2 is 2.14 bits per heavy atom. The fourth-order valence-electron chi connectivity index (χ4n) is 1.85. The van der Waals surface area contributed by atoms with Gasteiger partial charge in [-0.3, -0.25) is 10.1 Å². The van der Waals surface area contributed by atoms with E-state index in [2.05, 4.69) is 5.32 Å². The second kappa shape index (κ2) is 6.32. The zero-order chi connectivity index (χ0) is 15.4. The number of halogens is 1. The molecule has 0 heterocycles. The van der Waals surface area contributed by atoms with Gasteiger partial charge in [0.1, 0.15) is 11.5 Å². The van der Waals surface area contributed by atoms with Crippen molar-refractivity contribution in [3.63, 3.8) is 0 Å². The van der Waals surface area contributed by atoms with Crippen LogP contribution in [0.2, 0.25) is 5.02 Å². The number of hydrogen-bond acceptors (Lipinski definition) is 5. The van der Waals surface area contributed by atoms with Crippen LogP contribution in [0.15, 0.2) is 36.4 Å². The maximum atomic E-state index is 10.7. The molecule has 0 amide bonds. The molecule has 0 aliphatic rings. The number of phenols is 1. The molecule has 0 saturated carbocycles. The van der Waals surface area contributed by atoms with E-state index in [1.807, 2.05) is 0 Å². The average molecular weight is 309 g/mol. The smallest absolute Gasteiger partial charge is 0.273 e. The lowest BCUT2D eigenvalue weighted by molar-refractivity contribution is -0.384. The SMILES string of the molecule is COc1cc([N+](=O)[O-])ccc1NCc1c(O)cccc1Cl. The van der Waals surface area contributed by atoms with Crippen LogP contribution in [0, 0.1) is 10.1 Å². The molecule has 0 aromatic heterocycles. The van der Waals surface area contributed by atoms with Gasteiger partial charge in [-0.2, -0.15) is 0 Å². The van der Waals surface area contributed by atoms with Gasteiger partial charge in [-0.1, -0.05) is 17.7 Å². The number of nitro groups is 1. The van der Waals surface area contributed by atoms with Gasteiger partial charge in [-0.15, -0.1) is 0 Å². The number of benzene rings is 2. The molecule has 0 unspecified atom stereocenters. The lowest BCUT2D eigenvalue weighted by atomic mass is 10.2. The number of aromatic hydroxyl groups is 1. The second-order valence-corrected chi connectivity index (χ2v) is 4.64. The molecule has 2 aromatic carbocycles. The summed E-state index contributed by atoms with van der Waals surface area (Å²) in [6.45, 7) is 0.264. The van der Waals surface area contributed by atoms with Crippen LogP contribution < -0.4 is 10.1 Å². The number of nitro benzene ring substituents is 1. The Balaban J connectivity index is 2.22. The predicted molar refractivity (Wildman–Crippen MR) is 80.1 cm³/mol. The van der Waals surface area contributed by atoms with Gasteiger partial charge in [0.25, 0.3) is 5.69 Å². The van der Waals surface area contributed by atoms with Crippen molar-refractivity contribution in [2.45, 2.75) is 6.54 Å². The molecule has 2 aromatic rings. The normalized spacial score (nSPS) is 10.2. The van der Waals surface area contributed by atoms with E-state index in [4.69, 9.17) is 16.3 Å². The number of methoxy groups -OCH3 is 1. The molecule has 0 radical (unpaired) electrons. The molecule has 0 atom stereocenters. The van der Waals surface area contributed by atoms with Gasteiger partial charge in [0.05, 0.1) is 23.8 Å². The molecule has 0 saturated heterocycles. The predicted octanol–water partition coefficient (Wildman–Crippen LogP) is 3.57. The third kappa shape index (κ3) is 3.35. The summed E-state index contributed by atoms with van der Waals surface area (Å²) in [5, 5.41) is 24.0. The fraction of sp³-hybridized carbons (Fsp3) is 0.143. The Morgan fingerprint density at radius 1 is 1.38 bits per heavy atom. The van der Waals surface area contributed by atoms with Gasteiger partial charge in [0.2, 0.25) is 0 Å². The van der Waals surface area contributed by atoms with Crippen LogP contribution in [0.5, 0.6) is 11.5 Å². The third-order valence-corrected chi connectivity index (χ3v) is 3.30. The minimum absolute atomic E-state index is 0.0574. The Labute approximate surface area is 126 Å². The lowest BCUT2D eigenvalue weighted by Gasteiger charge is -2.12. The number of hydrogen-bond donors (Lipinski definition) is 2. The van der Waals surface area contributed by atoms with E-state index in [9.17, 15) is 15.2 Å². The molecule has 0 aliphatic heterocycles. The summed E-state index contributed by atoms with van der Waals surface area (Å²) in [4.78, 5) is 10.2. The highest BCUT2D eigenvalue weighted by Gasteiger charge is 2.12. The fourth-order valence-corrected chi connectivity index (χ4v) is 2.08. The first-order valence-corrected chi connectivity index (χ1v) is 6.43. The van der Waals surface area contributed by atoms with Crippen LogP contribution in [0.3, 0.4) is 0 Å². The van der Waals surface area contributed by atoms with Gasteiger partial charge in [0, 0.05) is 23.2 Å². The van der Waals surface area contributed by atoms with Crippen molar-refractivity contribution in [1.82, 2.24) is 0 Å². The van der Waals surface area contributed by atoms with Gasteiger partial charge in [-0.25, -0.2) is 0 Å². The summed E-state index contributed by atoms with van der Waals surface area (Å²) >= 11 is 6.02. The van der Waals surface area contributed by atoms with E-state index in [0.29, 0.717) is 22.0 Å². The highest BCUT2D eigenvalue weighted by molar-refractivity contribution is 6.31. The maximum absolute atomic E-state index is 10.7. The van der Waals surface area contributed by atoms with Crippen molar-refractivity contribution >= 4 is 23.0 Å². The number of non-ortho nitro benzene ring substituents is 1. The second-order valence-electron chi connectivity index (χ2n) is 4.23. The van der Waals surface area contributed by atoms with Crippen LogP contribution in [0.1, 0.15) is 5.56 Å². The van der Waals surface area contributed by atoms with Gasteiger partial charge in [-0.05, 0) is 18.2 Å². The molecule has 6 nitrogen and oxygen atoms in total. The molecule has 110 valence electrons. The number of nitrogens with zero attached hydrogens (tertiary/aromatic N) is 1. The molecule has 0 aliphatic carbocycles. The van der Waals surface area contributed by atoms with Crippen LogP contribution in [-0.4, -0.2) is 17.1 Å². The van der Waals surface area contributed by atoms with Gasteiger partial charge < -0.3 is 15.2 Å². The molecular formula is C14H13ClN2O4. The van der Waals surface area contributed by atoms with E-state index in [0.717, 1.165) is 0 Å². The van der Waals surface area contributed by atoms with E-state index < -0.39 is 4.92 Å². The number of nitrogens with one attached hydrogen (secondary N) is 1. The zero-order valence-corrected chi connectivity index (χ0v) is 11.9. The quantitative estimate of drug-likeness (QED) is 0.651. The van der Waals surface area contributed by atoms with E-state index in [-0.39, 0.29) is 18.0 Å². The van der Waals surface area contributed by atoms with Crippen LogP contribution in [0.25, 0.3) is 0 Å². The van der Waals surface area contributed by atoms with Crippen LogP contribution in [0.4, 0.5) is 11.4 Å². The first kappa shape index (κ1) is 14.9. The third-order valence-electron chi connectivity index (χ3n) is 2.95. The Kier molecular flexibility index (Phi) is 4.49. The standard InChI is InChI=1S/C14H13ClN2O4/c1-21-14-7-9(17(19)20)5-6-12(14)16-8-10-11(15)3-2-4-13(10)18/h2-7,16,18H,8H2,1H3. The van der Waals surface area contributed by atoms with Gasteiger partial charge >= 0.3 is 0 Å². The number of ether oxygens (including phenoxy) is 1. The average Bonchev–Trinajstić information content (AvgIpc) is 2.46. The summed E-state index contributed by atoms with van der Waals surface area (Å²) < 4.78 is 5.12. The summed E-state index contributed by atoms with van der Waals surface area (Å²) in [5.74, 6) is 0.423. The molecule has 2 rings (SSSR count). The van der Waals surface area contributed by atoms with Crippen molar-refractivity contribution in [1.29, 1.82) is 0 Å². The first-order valence-electron chi connectivity index (χ1n) is 6.05. The molecule has 0 bridgehead atoms. The van der Waals surface area contributed by atoms with E-state index in [1.54, 1.807) is 18.2 Å². The molecular weight excluding hydrogens is 296 g/mol.